The molecule has 2 N–H and O–H groups in total. The average molecular weight is 259 g/mol. The number of methoxy groups -OCH3 is 1. The van der Waals surface area contributed by atoms with E-state index in [1.165, 1.54) is 0 Å². The molecule has 1 aromatic carbocycles. The van der Waals surface area contributed by atoms with Crippen LogP contribution >= 0.6 is 0 Å². The van der Waals surface area contributed by atoms with E-state index in [0.717, 1.165) is 11.4 Å². The fourth-order valence-corrected chi connectivity index (χ4v) is 1.99. The van der Waals surface area contributed by atoms with Crippen molar-refractivity contribution in [2.24, 2.45) is 7.05 Å². The first kappa shape index (κ1) is 13.1. The van der Waals surface area contributed by atoms with E-state index < -0.39 is 0 Å². The van der Waals surface area contributed by atoms with E-state index in [1.807, 2.05) is 20.0 Å². The highest BCUT2D eigenvalue weighted by molar-refractivity contribution is 6.02. The lowest BCUT2D eigenvalue weighted by molar-refractivity contribution is 0.0991. The number of nitrogen functional groups attached to an aromatic ring is 1. The van der Waals surface area contributed by atoms with Crippen LogP contribution in [0.3, 0.4) is 0 Å². The fourth-order valence-electron chi connectivity index (χ4n) is 1.99. The number of carbonyl (C=O) groups excluding carboxylic acids is 1. The Balaban J connectivity index is 2.27. The summed E-state index contributed by atoms with van der Waals surface area (Å²) in [6.45, 7) is 1.90. The number of Topliss-reactive ketones (excluding diaryl/α,β-unsaturated/α-hetero) is 1. The van der Waals surface area contributed by atoms with Gasteiger partial charge in [0.25, 0.3) is 0 Å². The number of anilines is 1. The number of aromatic nitrogens is 2. The molecule has 2 aromatic rings. The van der Waals surface area contributed by atoms with E-state index >= 15 is 0 Å². The first-order chi connectivity index (χ1) is 9.01. The maximum absolute atomic E-state index is 12.3. The lowest BCUT2D eigenvalue weighted by Crippen LogP contribution is -2.10. The van der Waals surface area contributed by atoms with Crippen LogP contribution in [0.4, 0.5) is 5.69 Å². The van der Waals surface area contributed by atoms with E-state index in [4.69, 9.17) is 10.5 Å². The summed E-state index contributed by atoms with van der Waals surface area (Å²) in [4.78, 5) is 12.3. The molecule has 0 aliphatic carbocycles. The molecule has 1 aromatic heterocycles. The molecule has 5 nitrogen and oxygen atoms in total. The van der Waals surface area contributed by atoms with Crippen LogP contribution in [0.5, 0.6) is 5.75 Å². The highest BCUT2D eigenvalue weighted by atomic mass is 16.5. The predicted octanol–water partition coefficient (Wildman–Crippen LogP) is 1.74. The highest BCUT2D eigenvalue weighted by Crippen LogP contribution is 2.21. The Kier molecular flexibility index (Phi) is 3.55. The van der Waals surface area contributed by atoms with Gasteiger partial charge in [0.1, 0.15) is 5.75 Å². The molecule has 1 heterocycles. The van der Waals surface area contributed by atoms with Crippen LogP contribution in [0.25, 0.3) is 0 Å². The monoisotopic (exact) mass is 259 g/mol. The molecule has 0 saturated heterocycles. The van der Waals surface area contributed by atoms with Gasteiger partial charge in [0.05, 0.1) is 19.2 Å². The smallest absolute Gasteiger partial charge is 0.171 e. The van der Waals surface area contributed by atoms with Crippen LogP contribution < -0.4 is 10.5 Å². The molecule has 0 aliphatic heterocycles. The molecule has 0 atom stereocenters. The summed E-state index contributed by atoms with van der Waals surface area (Å²) >= 11 is 0. The Bertz CT molecular complexity index is 617. The van der Waals surface area contributed by atoms with Crippen molar-refractivity contribution < 1.29 is 9.53 Å². The number of nitrogens with two attached hydrogens (primary N) is 1. The summed E-state index contributed by atoms with van der Waals surface area (Å²) in [6, 6.07) is 6.98. The molecule has 0 spiro atoms. The van der Waals surface area contributed by atoms with Crippen molar-refractivity contribution in [3.63, 3.8) is 0 Å². The first-order valence-electron chi connectivity index (χ1n) is 5.97. The number of nitrogens with zero attached hydrogens (tertiary/aromatic N) is 2. The molecule has 2 rings (SSSR count). The van der Waals surface area contributed by atoms with Crippen LogP contribution in [0.15, 0.2) is 24.3 Å². The SMILES string of the molecule is COc1ccc(N)c(C(=O)Cc2cc(C)nn2C)c1. The minimum atomic E-state index is -0.0422. The number of hydrogen-bond acceptors (Lipinski definition) is 4. The molecule has 0 radical (unpaired) electrons. The van der Waals surface area contributed by atoms with Gasteiger partial charge < -0.3 is 10.5 Å². The van der Waals surface area contributed by atoms with Crippen LogP contribution in [0, 0.1) is 6.92 Å². The van der Waals surface area contributed by atoms with Crippen molar-refractivity contribution >= 4 is 11.5 Å². The number of hydrogen-bond donors (Lipinski definition) is 1. The molecular weight excluding hydrogens is 242 g/mol. The topological polar surface area (TPSA) is 70.1 Å². The zero-order valence-electron chi connectivity index (χ0n) is 11.3. The predicted molar refractivity (Wildman–Crippen MR) is 73.4 cm³/mol. The zero-order chi connectivity index (χ0) is 14.0. The Labute approximate surface area is 112 Å². The average Bonchev–Trinajstić information content (AvgIpc) is 2.68. The van der Waals surface area contributed by atoms with Gasteiger partial charge in [0.15, 0.2) is 5.78 Å². The minimum Gasteiger partial charge on any atom is -0.497 e. The molecular formula is C14H17N3O2. The number of ether oxygens (including phenoxy) is 1. The second-order valence-electron chi connectivity index (χ2n) is 4.45. The molecule has 0 unspecified atom stereocenters. The summed E-state index contributed by atoms with van der Waals surface area (Å²) in [6.07, 6.45) is 0.273. The van der Waals surface area contributed by atoms with Gasteiger partial charge in [-0.15, -0.1) is 0 Å². The van der Waals surface area contributed by atoms with Crippen LogP contribution in [-0.4, -0.2) is 22.7 Å². The Morgan fingerprint density at radius 1 is 1.42 bits per heavy atom. The largest absolute Gasteiger partial charge is 0.497 e. The van der Waals surface area contributed by atoms with Crippen molar-refractivity contribution in [2.45, 2.75) is 13.3 Å². The number of rotatable bonds is 4. The lowest BCUT2D eigenvalue weighted by atomic mass is 10.0. The standard InChI is InChI=1S/C14H17N3O2/c1-9-6-10(17(2)16-9)7-14(18)12-8-11(19-3)4-5-13(12)15/h4-6,8H,7,15H2,1-3H3. The molecule has 0 aliphatic rings. The van der Waals surface area contributed by atoms with E-state index in [1.54, 1.807) is 30.0 Å². The number of benzene rings is 1. The summed E-state index contributed by atoms with van der Waals surface area (Å²) in [5.74, 6) is 0.582. The molecule has 0 amide bonds. The van der Waals surface area contributed by atoms with E-state index in [0.29, 0.717) is 17.0 Å². The summed E-state index contributed by atoms with van der Waals surface area (Å²) < 4.78 is 6.82. The van der Waals surface area contributed by atoms with Gasteiger partial charge in [-0.1, -0.05) is 0 Å². The molecule has 0 saturated carbocycles. The van der Waals surface area contributed by atoms with Gasteiger partial charge in [-0.3, -0.25) is 9.48 Å². The molecule has 0 bridgehead atoms. The van der Waals surface area contributed by atoms with Crippen LogP contribution in [0.1, 0.15) is 21.7 Å². The number of ketones is 1. The summed E-state index contributed by atoms with van der Waals surface area (Å²) in [7, 11) is 3.38. The van der Waals surface area contributed by atoms with Gasteiger partial charge in [0.2, 0.25) is 0 Å². The van der Waals surface area contributed by atoms with Crippen molar-refractivity contribution in [3.8, 4) is 5.75 Å². The van der Waals surface area contributed by atoms with Gasteiger partial charge in [-0.2, -0.15) is 5.10 Å². The summed E-state index contributed by atoms with van der Waals surface area (Å²) in [5.41, 5.74) is 8.55. The van der Waals surface area contributed by atoms with Crippen LogP contribution in [-0.2, 0) is 13.5 Å². The van der Waals surface area contributed by atoms with E-state index in [2.05, 4.69) is 5.10 Å². The zero-order valence-corrected chi connectivity index (χ0v) is 11.3. The second kappa shape index (κ2) is 5.14. The Morgan fingerprint density at radius 3 is 2.74 bits per heavy atom. The number of carbonyl (C=O) groups is 1. The Hall–Kier alpha value is -2.30. The van der Waals surface area contributed by atoms with Crippen molar-refractivity contribution in [1.29, 1.82) is 0 Å². The fraction of sp³-hybridized carbons (Fsp3) is 0.286. The maximum atomic E-state index is 12.3. The minimum absolute atomic E-state index is 0.0422. The normalized spacial score (nSPS) is 10.5. The third kappa shape index (κ3) is 2.76. The van der Waals surface area contributed by atoms with Crippen molar-refractivity contribution in [1.82, 2.24) is 9.78 Å². The molecule has 0 fully saturated rings. The summed E-state index contributed by atoms with van der Waals surface area (Å²) in [5, 5.41) is 4.22. The quantitative estimate of drug-likeness (QED) is 0.670. The van der Waals surface area contributed by atoms with Crippen molar-refractivity contribution in [2.75, 3.05) is 12.8 Å². The molecule has 19 heavy (non-hydrogen) atoms. The second-order valence-corrected chi connectivity index (χ2v) is 4.45. The molecule has 5 heteroatoms. The number of aryl methyl sites for hydroxylation is 2. The highest BCUT2D eigenvalue weighted by Gasteiger charge is 2.14. The van der Waals surface area contributed by atoms with Gasteiger partial charge in [-0.05, 0) is 31.2 Å². The van der Waals surface area contributed by atoms with Gasteiger partial charge >= 0.3 is 0 Å². The maximum Gasteiger partial charge on any atom is 0.171 e. The van der Waals surface area contributed by atoms with Gasteiger partial charge in [0, 0.05) is 24.0 Å². The Morgan fingerprint density at radius 2 is 2.16 bits per heavy atom. The lowest BCUT2D eigenvalue weighted by Gasteiger charge is -2.07. The van der Waals surface area contributed by atoms with E-state index in [9.17, 15) is 4.79 Å². The van der Waals surface area contributed by atoms with Crippen LogP contribution in [0.2, 0.25) is 0 Å². The van der Waals surface area contributed by atoms with Crippen molar-refractivity contribution in [3.05, 3.63) is 41.2 Å². The van der Waals surface area contributed by atoms with E-state index in [-0.39, 0.29) is 12.2 Å². The third-order valence-corrected chi connectivity index (χ3v) is 3.00. The third-order valence-electron chi connectivity index (χ3n) is 3.00. The first-order valence-corrected chi connectivity index (χ1v) is 5.97. The molecule has 100 valence electrons. The van der Waals surface area contributed by atoms with Gasteiger partial charge in [-0.25, -0.2) is 0 Å².